The first-order chi connectivity index (χ1) is 18.0. The number of halogens is 3. The maximum atomic E-state index is 15.1. The van der Waals surface area contributed by atoms with Crippen LogP contribution < -0.4 is 0 Å². The van der Waals surface area contributed by atoms with Crippen LogP contribution in [-0.2, 0) is 15.9 Å². The summed E-state index contributed by atoms with van der Waals surface area (Å²) in [5.74, 6) is -1.97. The van der Waals surface area contributed by atoms with Crippen molar-refractivity contribution in [2.24, 2.45) is 0 Å². The third-order valence-electron chi connectivity index (χ3n) is 7.16. The molecule has 1 aliphatic heterocycles. The summed E-state index contributed by atoms with van der Waals surface area (Å²) < 4.78 is 56.0. The fraction of sp³-hybridized carbons (Fsp3) is 0.438. The molecule has 1 saturated heterocycles. The molecule has 0 bridgehead atoms. The lowest BCUT2D eigenvalue weighted by Gasteiger charge is -2.30. The molecule has 37 heavy (non-hydrogen) atoms. The zero-order valence-electron chi connectivity index (χ0n) is 21.9. The SMILES string of the molecule is CCCCCCCC1OCC(c2ccc(-c3ccc(-c4ccc(CCC)c(F)c4F)cc3)c(F)c2)CO1. The Kier molecular flexibility index (Phi) is 9.81. The van der Waals surface area contributed by atoms with Gasteiger partial charge in [0, 0.05) is 17.0 Å². The van der Waals surface area contributed by atoms with Gasteiger partial charge < -0.3 is 9.47 Å². The first kappa shape index (κ1) is 27.4. The van der Waals surface area contributed by atoms with E-state index in [9.17, 15) is 8.78 Å². The second kappa shape index (κ2) is 13.3. The average Bonchev–Trinajstić information content (AvgIpc) is 2.92. The van der Waals surface area contributed by atoms with E-state index in [1.807, 2.05) is 13.0 Å². The third kappa shape index (κ3) is 6.82. The van der Waals surface area contributed by atoms with Gasteiger partial charge in [0.1, 0.15) is 5.82 Å². The number of benzene rings is 3. The normalized spacial score (nSPS) is 17.8. The smallest absolute Gasteiger partial charge is 0.166 e. The summed E-state index contributed by atoms with van der Waals surface area (Å²) in [6.45, 7) is 5.18. The van der Waals surface area contributed by atoms with Gasteiger partial charge in [-0.3, -0.25) is 0 Å². The lowest BCUT2D eigenvalue weighted by molar-refractivity contribution is -0.190. The molecule has 0 N–H and O–H groups in total. The predicted octanol–water partition coefficient (Wildman–Crippen LogP) is 9.21. The van der Waals surface area contributed by atoms with E-state index >= 15 is 4.39 Å². The van der Waals surface area contributed by atoms with Crippen LogP contribution in [0.4, 0.5) is 13.2 Å². The summed E-state index contributed by atoms with van der Waals surface area (Å²) in [5.41, 5.74) is 3.13. The highest BCUT2D eigenvalue weighted by Gasteiger charge is 2.24. The molecule has 1 fully saturated rings. The highest BCUT2D eigenvalue weighted by molar-refractivity contribution is 5.71. The molecule has 1 heterocycles. The lowest BCUT2D eigenvalue weighted by Crippen LogP contribution is -2.30. The molecule has 0 saturated carbocycles. The highest BCUT2D eigenvalue weighted by Crippen LogP contribution is 2.32. The van der Waals surface area contributed by atoms with Crippen LogP contribution in [0.5, 0.6) is 0 Å². The van der Waals surface area contributed by atoms with Crippen molar-refractivity contribution in [3.63, 3.8) is 0 Å². The summed E-state index contributed by atoms with van der Waals surface area (Å²) in [6, 6.07) is 15.3. The number of rotatable bonds is 11. The molecule has 5 heteroatoms. The molecule has 0 unspecified atom stereocenters. The molecular weight excluding hydrogens is 473 g/mol. The summed E-state index contributed by atoms with van der Waals surface area (Å²) in [6.07, 6.45) is 8.03. The second-order valence-electron chi connectivity index (χ2n) is 9.96. The van der Waals surface area contributed by atoms with Crippen LogP contribution >= 0.6 is 0 Å². The molecule has 0 aliphatic carbocycles. The number of aryl methyl sites for hydroxylation is 1. The Hall–Kier alpha value is -2.63. The molecule has 198 valence electrons. The van der Waals surface area contributed by atoms with Crippen LogP contribution in [0.3, 0.4) is 0 Å². The minimum absolute atomic E-state index is 0.00387. The Bertz CT molecular complexity index is 1150. The van der Waals surface area contributed by atoms with Crippen LogP contribution in [0, 0.1) is 17.5 Å². The Labute approximate surface area is 218 Å². The second-order valence-corrected chi connectivity index (χ2v) is 9.96. The van der Waals surface area contributed by atoms with E-state index in [1.165, 1.54) is 25.7 Å². The van der Waals surface area contributed by atoms with Crippen LogP contribution in [0.15, 0.2) is 54.6 Å². The van der Waals surface area contributed by atoms with Gasteiger partial charge in [-0.05, 0) is 47.6 Å². The minimum atomic E-state index is -0.843. The maximum Gasteiger partial charge on any atom is 0.166 e. The van der Waals surface area contributed by atoms with Crippen molar-refractivity contribution in [1.29, 1.82) is 0 Å². The molecule has 3 aromatic rings. The first-order valence-electron chi connectivity index (χ1n) is 13.6. The maximum absolute atomic E-state index is 15.1. The summed E-state index contributed by atoms with van der Waals surface area (Å²) in [7, 11) is 0. The largest absolute Gasteiger partial charge is 0.352 e. The van der Waals surface area contributed by atoms with Crippen molar-refractivity contribution < 1.29 is 22.6 Å². The van der Waals surface area contributed by atoms with E-state index in [-0.39, 0.29) is 23.6 Å². The zero-order chi connectivity index (χ0) is 26.2. The van der Waals surface area contributed by atoms with Crippen LogP contribution in [0.25, 0.3) is 22.3 Å². The van der Waals surface area contributed by atoms with Crippen molar-refractivity contribution in [3.8, 4) is 22.3 Å². The molecule has 0 spiro atoms. The van der Waals surface area contributed by atoms with Crippen molar-refractivity contribution in [1.82, 2.24) is 0 Å². The quantitative estimate of drug-likeness (QED) is 0.239. The average molecular weight is 511 g/mol. The van der Waals surface area contributed by atoms with Gasteiger partial charge in [0.15, 0.2) is 17.9 Å². The number of unbranched alkanes of at least 4 members (excludes halogenated alkanes) is 4. The molecule has 0 amide bonds. The van der Waals surface area contributed by atoms with E-state index in [0.717, 1.165) is 24.8 Å². The lowest BCUT2D eigenvalue weighted by atomic mass is 9.94. The van der Waals surface area contributed by atoms with Gasteiger partial charge in [-0.15, -0.1) is 0 Å². The summed E-state index contributed by atoms with van der Waals surface area (Å²) in [4.78, 5) is 0. The van der Waals surface area contributed by atoms with Gasteiger partial charge in [-0.25, -0.2) is 13.2 Å². The topological polar surface area (TPSA) is 18.5 Å². The fourth-order valence-corrected chi connectivity index (χ4v) is 4.94. The van der Waals surface area contributed by atoms with Gasteiger partial charge in [0.05, 0.1) is 13.2 Å². The van der Waals surface area contributed by atoms with Crippen molar-refractivity contribution in [2.75, 3.05) is 13.2 Å². The van der Waals surface area contributed by atoms with Gasteiger partial charge in [-0.2, -0.15) is 0 Å². The number of hydrogen-bond acceptors (Lipinski definition) is 2. The molecule has 3 aromatic carbocycles. The van der Waals surface area contributed by atoms with Gasteiger partial charge in [0.2, 0.25) is 0 Å². The van der Waals surface area contributed by atoms with E-state index < -0.39 is 11.6 Å². The van der Waals surface area contributed by atoms with Gasteiger partial charge in [-0.1, -0.05) is 94.5 Å². The molecular formula is C32H37F3O2. The van der Waals surface area contributed by atoms with Crippen LogP contribution in [0.2, 0.25) is 0 Å². The fourth-order valence-electron chi connectivity index (χ4n) is 4.94. The Morgan fingerprint density at radius 1 is 0.703 bits per heavy atom. The number of hydrogen-bond donors (Lipinski definition) is 0. The standard InChI is InChI=1S/C32H37F3O2/c1-3-5-6-7-8-10-30-36-20-26(21-37-30)25-16-17-27(29(33)19-25)22-11-13-23(14-12-22)28-18-15-24(9-4-2)31(34)32(28)35/h11-19,26,30H,3-10,20-21H2,1-2H3. The Balaban J connectivity index is 1.38. The molecule has 4 rings (SSSR count). The van der Waals surface area contributed by atoms with Crippen LogP contribution in [0.1, 0.15) is 75.8 Å². The number of ether oxygens (including phenoxy) is 2. The summed E-state index contributed by atoms with van der Waals surface area (Å²) in [5, 5.41) is 0. The molecule has 1 aliphatic rings. The molecule has 2 nitrogen and oxygen atoms in total. The van der Waals surface area contributed by atoms with E-state index in [0.29, 0.717) is 41.9 Å². The highest BCUT2D eigenvalue weighted by atomic mass is 19.2. The van der Waals surface area contributed by atoms with E-state index in [1.54, 1.807) is 48.5 Å². The summed E-state index contributed by atoms with van der Waals surface area (Å²) >= 11 is 0. The van der Waals surface area contributed by atoms with E-state index in [2.05, 4.69) is 6.92 Å². The molecule has 0 atom stereocenters. The Morgan fingerprint density at radius 3 is 2.00 bits per heavy atom. The molecule has 0 aromatic heterocycles. The van der Waals surface area contributed by atoms with Crippen molar-refractivity contribution in [2.45, 2.75) is 77.4 Å². The Morgan fingerprint density at radius 2 is 1.35 bits per heavy atom. The van der Waals surface area contributed by atoms with Gasteiger partial charge >= 0.3 is 0 Å². The third-order valence-corrected chi connectivity index (χ3v) is 7.16. The predicted molar refractivity (Wildman–Crippen MR) is 143 cm³/mol. The van der Waals surface area contributed by atoms with Crippen LogP contribution in [-0.4, -0.2) is 19.5 Å². The van der Waals surface area contributed by atoms with E-state index in [4.69, 9.17) is 9.47 Å². The van der Waals surface area contributed by atoms with Crippen molar-refractivity contribution >= 4 is 0 Å². The van der Waals surface area contributed by atoms with Crippen molar-refractivity contribution in [3.05, 3.63) is 83.2 Å². The monoisotopic (exact) mass is 510 g/mol. The minimum Gasteiger partial charge on any atom is -0.352 e. The first-order valence-corrected chi connectivity index (χ1v) is 13.6. The zero-order valence-corrected chi connectivity index (χ0v) is 21.9. The van der Waals surface area contributed by atoms with Gasteiger partial charge in [0.25, 0.3) is 0 Å². The molecule has 0 radical (unpaired) electrons.